The smallest absolute Gasteiger partial charge is 0.265 e. The van der Waals surface area contributed by atoms with Gasteiger partial charge in [-0.15, -0.1) is 0 Å². The number of para-hydroxylation sites is 2. The van der Waals surface area contributed by atoms with Crippen molar-refractivity contribution < 1.29 is 19.1 Å². The Kier molecular flexibility index (Phi) is 5.35. The normalized spacial score (nSPS) is 17.9. The summed E-state index contributed by atoms with van der Waals surface area (Å²) in [6.45, 7) is 7.53. The molecule has 6 heteroatoms. The lowest BCUT2D eigenvalue weighted by molar-refractivity contribution is -0.134. The fourth-order valence-corrected chi connectivity index (χ4v) is 3.24. The lowest BCUT2D eigenvalue weighted by atomic mass is 10.1. The molecule has 3 rings (SSSR count). The summed E-state index contributed by atoms with van der Waals surface area (Å²) < 4.78 is 11.5. The average molecular weight is 368 g/mol. The first-order valence-corrected chi connectivity index (χ1v) is 8.93. The third-order valence-corrected chi connectivity index (χ3v) is 4.47. The maximum Gasteiger partial charge on any atom is 0.265 e. The molecule has 0 aliphatic carbocycles. The zero-order valence-corrected chi connectivity index (χ0v) is 16.0. The van der Waals surface area contributed by atoms with Crippen LogP contribution in [-0.4, -0.2) is 30.6 Å². The van der Waals surface area contributed by atoms with Gasteiger partial charge in [0.2, 0.25) is 12.0 Å². The highest BCUT2D eigenvalue weighted by Crippen LogP contribution is 2.33. The summed E-state index contributed by atoms with van der Waals surface area (Å²) in [5.41, 5.74) is 3.89. The van der Waals surface area contributed by atoms with Crippen LogP contribution >= 0.6 is 0 Å². The van der Waals surface area contributed by atoms with Crippen LogP contribution in [0.25, 0.3) is 0 Å². The van der Waals surface area contributed by atoms with Crippen molar-refractivity contribution in [2.75, 3.05) is 11.9 Å². The quantitative estimate of drug-likeness (QED) is 0.870. The van der Waals surface area contributed by atoms with Gasteiger partial charge in [0.15, 0.2) is 11.5 Å². The highest BCUT2D eigenvalue weighted by Gasteiger charge is 2.34. The molecule has 1 aliphatic heterocycles. The summed E-state index contributed by atoms with van der Waals surface area (Å²) in [5, 5.41) is 5.49. The van der Waals surface area contributed by atoms with E-state index in [2.05, 4.69) is 10.6 Å². The van der Waals surface area contributed by atoms with E-state index in [0.29, 0.717) is 11.5 Å². The third-order valence-electron chi connectivity index (χ3n) is 4.47. The predicted molar refractivity (Wildman–Crippen MR) is 103 cm³/mol. The Labute approximate surface area is 158 Å². The minimum absolute atomic E-state index is 0.139. The van der Waals surface area contributed by atoms with Gasteiger partial charge in [-0.3, -0.25) is 9.59 Å². The molecule has 2 aromatic rings. The maximum atomic E-state index is 12.5. The Morgan fingerprint density at radius 3 is 2.22 bits per heavy atom. The van der Waals surface area contributed by atoms with E-state index in [4.69, 9.17) is 9.47 Å². The van der Waals surface area contributed by atoms with Crippen LogP contribution in [-0.2, 0) is 9.59 Å². The number of aryl methyl sites for hydroxylation is 3. The first-order chi connectivity index (χ1) is 12.8. The zero-order valence-electron chi connectivity index (χ0n) is 16.0. The first kappa shape index (κ1) is 18.8. The number of amides is 2. The van der Waals surface area contributed by atoms with Crippen LogP contribution in [0.15, 0.2) is 36.4 Å². The molecule has 0 saturated carbocycles. The van der Waals surface area contributed by atoms with E-state index in [1.807, 2.05) is 45.0 Å². The lowest BCUT2D eigenvalue weighted by Gasteiger charge is -2.30. The summed E-state index contributed by atoms with van der Waals surface area (Å²) in [5.74, 6) is 0.455. The molecule has 6 nitrogen and oxygen atoms in total. The molecular weight excluding hydrogens is 344 g/mol. The molecule has 0 radical (unpaired) electrons. The van der Waals surface area contributed by atoms with Crippen molar-refractivity contribution in [1.29, 1.82) is 0 Å². The van der Waals surface area contributed by atoms with Crippen LogP contribution in [0.1, 0.15) is 23.6 Å². The molecule has 2 amide bonds. The maximum absolute atomic E-state index is 12.5. The van der Waals surface area contributed by atoms with Crippen LogP contribution in [0, 0.1) is 20.8 Å². The first-order valence-electron chi connectivity index (χ1n) is 8.93. The number of anilines is 1. The van der Waals surface area contributed by atoms with Crippen LogP contribution < -0.4 is 20.1 Å². The Morgan fingerprint density at radius 1 is 1.00 bits per heavy atom. The van der Waals surface area contributed by atoms with Crippen LogP contribution in [0.4, 0.5) is 5.69 Å². The summed E-state index contributed by atoms with van der Waals surface area (Å²) in [7, 11) is 0. The molecule has 2 aromatic carbocycles. The molecule has 0 bridgehead atoms. The highest BCUT2D eigenvalue weighted by atomic mass is 16.6. The van der Waals surface area contributed by atoms with E-state index in [1.54, 1.807) is 19.1 Å². The number of hydrogen-bond acceptors (Lipinski definition) is 4. The number of carbonyl (C=O) groups is 2. The number of nitrogens with one attached hydrogen (secondary N) is 2. The lowest BCUT2D eigenvalue weighted by Crippen LogP contribution is -2.50. The Hall–Kier alpha value is -3.02. The third kappa shape index (κ3) is 4.22. The van der Waals surface area contributed by atoms with Crippen molar-refractivity contribution in [3.8, 4) is 11.5 Å². The molecule has 2 N–H and O–H groups in total. The van der Waals surface area contributed by atoms with Gasteiger partial charge in [-0.2, -0.15) is 0 Å². The summed E-state index contributed by atoms with van der Waals surface area (Å²) in [6, 6.07) is 11.2. The SMILES string of the molecule is Cc1cc(C)c(NC(=O)CNC(=O)C2Oc3ccccc3OC2C)c(C)c1. The number of rotatable bonds is 4. The van der Waals surface area contributed by atoms with Gasteiger partial charge in [-0.1, -0.05) is 29.8 Å². The minimum Gasteiger partial charge on any atom is -0.482 e. The number of carbonyl (C=O) groups excluding carboxylic acids is 2. The molecule has 0 fully saturated rings. The van der Waals surface area contributed by atoms with E-state index < -0.39 is 12.2 Å². The van der Waals surface area contributed by atoms with Crippen molar-refractivity contribution in [3.05, 3.63) is 53.1 Å². The summed E-state index contributed by atoms with van der Waals surface area (Å²) in [6.07, 6.45) is -1.26. The van der Waals surface area contributed by atoms with Crippen LogP contribution in [0.2, 0.25) is 0 Å². The van der Waals surface area contributed by atoms with E-state index in [9.17, 15) is 9.59 Å². The molecule has 0 spiro atoms. The average Bonchev–Trinajstić information content (AvgIpc) is 2.62. The molecule has 0 saturated heterocycles. The standard InChI is InChI=1S/C21H24N2O4/c1-12-9-13(2)19(14(3)10-12)23-18(24)11-22-21(25)20-15(4)26-16-7-5-6-8-17(16)27-20/h5-10,15,20H,11H2,1-4H3,(H,22,25)(H,23,24). The Bertz CT molecular complexity index is 855. The van der Waals surface area contributed by atoms with Gasteiger partial charge in [-0.25, -0.2) is 0 Å². The number of benzene rings is 2. The van der Waals surface area contributed by atoms with Crippen molar-refractivity contribution >= 4 is 17.5 Å². The largest absolute Gasteiger partial charge is 0.482 e. The van der Waals surface area contributed by atoms with Crippen molar-refractivity contribution in [2.24, 2.45) is 0 Å². The zero-order chi connectivity index (χ0) is 19.6. The summed E-state index contributed by atoms with van der Waals surface area (Å²) >= 11 is 0. The molecule has 2 unspecified atom stereocenters. The van der Waals surface area contributed by atoms with Gasteiger partial charge in [-0.05, 0) is 51.0 Å². The second-order valence-electron chi connectivity index (χ2n) is 6.85. The molecular formula is C21H24N2O4. The number of fused-ring (bicyclic) bond motifs is 1. The van der Waals surface area contributed by atoms with Crippen LogP contribution in [0.5, 0.6) is 11.5 Å². The molecule has 27 heavy (non-hydrogen) atoms. The van der Waals surface area contributed by atoms with Gasteiger partial charge in [0.05, 0.1) is 6.54 Å². The molecule has 142 valence electrons. The van der Waals surface area contributed by atoms with E-state index >= 15 is 0 Å². The van der Waals surface area contributed by atoms with E-state index in [0.717, 1.165) is 22.4 Å². The van der Waals surface area contributed by atoms with Gasteiger partial charge in [0.1, 0.15) is 6.10 Å². The summed E-state index contributed by atoms with van der Waals surface area (Å²) in [4.78, 5) is 24.7. The van der Waals surface area contributed by atoms with Crippen LogP contribution in [0.3, 0.4) is 0 Å². The minimum atomic E-state index is -0.810. The molecule has 1 heterocycles. The molecule has 1 aliphatic rings. The second kappa shape index (κ2) is 7.70. The van der Waals surface area contributed by atoms with Gasteiger partial charge in [0, 0.05) is 5.69 Å². The van der Waals surface area contributed by atoms with Crippen molar-refractivity contribution in [2.45, 2.75) is 39.9 Å². The fourth-order valence-electron chi connectivity index (χ4n) is 3.24. The topological polar surface area (TPSA) is 76.7 Å². The van der Waals surface area contributed by atoms with Gasteiger partial charge >= 0.3 is 0 Å². The van der Waals surface area contributed by atoms with Crippen molar-refractivity contribution in [3.63, 3.8) is 0 Å². The second-order valence-corrected chi connectivity index (χ2v) is 6.85. The van der Waals surface area contributed by atoms with E-state index in [1.165, 1.54) is 0 Å². The monoisotopic (exact) mass is 368 g/mol. The van der Waals surface area contributed by atoms with Gasteiger partial charge < -0.3 is 20.1 Å². The number of hydrogen-bond donors (Lipinski definition) is 2. The predicted octanol–water partition coefficient (Wildman–Crippen LogP) is 2.90. The molecule has 2 atom stereocenters. The highest BCUT2D eigenvalue weighted by molar-refractivity contribution is 5.96. The number of ether oxygens (including phenoxy) is 2. The Balaban J connectivity index is 1.59. The Morgan fingerprint density at radius 2 is 1.59 bits per heavy atom. The van der Waals surface area contributed by atoms with Crippen molar-refractivity contribution in [1.82, 2.24) is 5.32 Å². The fraction of sp³-hybridized carbons (Fsp3) is 0.333. The van der Waals surface area contributed by atoms with Gasteiger partial charge in [0.25, 0.3) is 5.91 Å². The molecule has 0 aromatic heterocycles. The van der Waals surface area contributed by atoms with E-state index in [-0.39, 0.29) is 18.4 Å².